The van der Waals surface area contributed by atoms with Crippen LogP contribution in [0.2, 0.25) is 0 Å². The Morgan fingerprint density at radius 2 is 2.23 bits per heavy atom. The van der Waals surface area contributed by atoms with Gasteiger partial charge in [0, 0.05) is 18.1 Å². The highest BCUT2D eigenvalue weighted by Gasteiger charge is 2.09. The molecule has 0 bridgehead atoms. The molecule has 1 nitrogen and oxygen atoms in total. The van der Waals surface area contributed by atoms with Gasteiger partial charge in [-0.1, -0.05) is 31.0 Å². The van der Waals surface area contributed by atoms with Gasteiger partial charge in [0.05, 0.1) is 0 Å². The van der Waals surface area contributed by atoms with Crippen molar-refractivity contribution >= 4 is 0 Å². The summed E-state index contributed by atoms with van der Waals surface area (Å²) >= 11 is 0. The highest BCUT2D eigenvalue weighted by molar-refractivity contribution is 5.47. The molecule has 0 amide bonds. The summed E-state index contributed by atoms with van der Waals surface area (Å²) < 4.78 is 0. The van der Waals surface area contributed by atoms with Crippen molar-refractivity contribution in [2.24, 2.45) is 0 Å². The van der Waals surface area contributed by atoms with E-state index in [2.05, 4.69) is 5.92 Å². The Hall–Kier alpha value is -1.26. The fraction of sp³-hybridized carbons (Fsp3) is 0.333. The van der Waals surface area contributed by atoms with Gasteiger partial charge < -0.3 is 5.11 Å². The van der Waals surface area contributed by atoms with Gasteiger partial charge in [-0.15, -0.1) is 6.42 Å². The fourth-order valence-electron chi connectivity index (χ4n) is 1.40. The molecule has 0 aliphatic carbocycles. The van der Waals surface area contributed by atoms with E-state index >= 15 is 0 Å². The number of terminal acetylenes is 1. The highest BCUT2D eigenvalue weighted by Crippen LogP contribution is 2.21. The minimum atomic E-state index is 0.117. The Morgan fingerprint density at radius 1 is 1.54 bits per heavy atom. The Kier molecular flexibility index (Phi) is 3.11. The molecular formula is C12H14O. The van der Waals surface area contributed by atoms with Gasteiger partial charge in [-0.2, -0.15) is 0 Å². The second kappa shape index (κ2) is 4.11. The van der Waals surface area contributed by atoms with Crippen molar-refractivity contribution in [3.63, 3.8) is 0 Å². The third kappa shape index (κ3) is 1.91. The number of benzene rings is 1. The quantitative estimate of drug-likeness (QED) is 0.680. The van der Waals surface area contributed by atoms with Crippen LogP contribution < -0.4 is 0 Å². The lowest BCUT2D eigenvalue weighted by atomic mass is 9.94. The molecule has 1 unspecified atom stereocenters. The first-order chi connectivity index (χ1) is 6.20. The molecule has 0 saturated carbocycles. The van der Waals surface area contributed by atoms with E-state index in [1.165, 1.54) is 0 Å². The molecule has 0 aliphatic heterocycles. The zero-order valence-corrected chi connectivity index (χ0v) is 8.04. The molecule has 68 valence electrons. The number of aliphatic hydroxyl groups is 1. The summed E-state index contributed by atoms with van der Waals surface area (Å²) in [6, 6.07) is 5.93. The molecule has 1 rings (SSSR count). The second-order valence-corrected chi connectivity index (χ2v) is 3.27. The van der Waals surface area contributed by atoms with Crippen LogP contribution in [0.1, 0.15) is 29.5 Å². The van der Waals surface area contributed by atoms with Crippen LogP contribution >= 0.6 is 0 Å². The number of rotatable bonds is 2. The van der Waals surface area contributed by atoms with Gasteiger partial charge in [0.1, 0.15) is 0 Å². The predicted molar refractivity (Wildman–Crippen MR) is 54.6 cm³/mol. The maximum atomic E-state index is 9.03. The zero-order chi connectivity index (χ0) is 9.84. The van der Waals surface area contributed by atoms with Crippen LogP contribution in [-0.2, 0) is 0 Å². The van der Waals surface area contributed by atoms with Crippen LogP contribution in [0.15, 0.2) is 18.2 Å². The Morgan fingerprint density at radius 3 is 2.77 bits per heavy atom. The van der Waals surface area contributed by atoms with Gasteiger partial charge in [-0.25, -0.2) is 0 Å². The van der Waals surface area contributed by atoms with Crippen molar-refractivity contribution < 1.29 is 5.11 Å². The van der Waals surface area contributed by atoms with Crippen molar-refractivity contribution in [3.05, 3.63) is 34.9 Å². The summed E-state index contributed by atoms with van der Waals surface area (Å²) in [5.74, 6) is 2.78. The molecule has 1 aromatic carbocycles. The van der Waals surface area contributed by atoms with E-state index in [-0.39, 0.29) is 12.5 Å². The standard InChI is InChI=1S/C12H14O/c1-4-11-9(2)6-5-7-12(11)10(3)8-13/h1,5-7,10,13H,8H2,2-3H3. The molecule has 0 spiro atoms. The Labute approximate surface area is 79.4 Å². The van der Waals surface area contributed by atoms with Crippen molar-refractivity contribution in [2.45, 2.75) is 19.8 Å². The van der Waals surface area contributed by atoms with E-state index in [4.69, 9.17) is 11.5 Å². The molecule has 1 heteroatoms. The van der Waals surface area contributed by atoms with E-state index < -0.39 is 0 Å². The average molecular weight is 174 g/mol. The monoisotopic (exact) mass is 174 g/mol. The van der Waals surface area contributed by atoms with Gasteiger partial charge in [-0.05, 0) is 18.1 Å². The van der Waals surface area contributed by atoms with Crippen LogP contribution in [0.3, 0.4) is 0 Å². The second-order valence-electron chi connectivity index (χ2n) is 3.27. The van der Waals surface area contributed by atoms with Gasteiger partial charge in [0.25, 0.3) is 0 Å². The normalized spacial score (nSPS) is 12.2. The molecule has 0 fully saturated rings. The molecule has 0 aliphatic rings. The first-order valence-corrected chi connectivity index (χ1v) is 4.37. The first kappa shape index (κ1) is 9.83. The molecule has 1 aromatic rings. The fourth-order valence-corrected chi connectivity index (χ4v) is 1.40. The summed E-state index contributed by atoms with van der Waals surface area (Å²) in [6.07, 6.45) is 5.41. The van der Waals surface area contributed by atoms with Crippen LogP contribution in [0.4, 0.5) is 0 Å². The number of aliphatic hydroxyl groups excluding tert-OH is 1. The third-order valence-corrected chi connectivity index (χ3v) is 2.25. The number of hydrogen-bond acceptors (Lipinski definition) is 1. The minimum absolute atomic E-state index is 0.117. The van der Waals surface area contributed by atoms with Gasteiger partial charge in [0.15, 0.2) is 0 Å². The van der Waals surface area contributed by atoms with Crippen LogP contribution in [0, 0.1) is 19.3 Å². The maximum absolute atomic E-state index is 9.03. The smallest absolute Gasteiger partial charge is 0.0497 e. The lowest BCUT2D eigenvalue weighted by Gasteiger charge is -2.12. The SMILES string of the molecule is C#Cc1c(C)cccc1C(C)CO. The molecule has 1 N–H and O–H groups in total. The molecule has 13 heavy (non-hydrogen) atoms. The number of hydrogen-bond donors (Lipinski definition) is 1. The summed E-state index contributed by atoms with van der Waals surface area (Å²) in [4.78, 5) is 0. The van der Waals surface area contributed by atoms with Crippen molar-refractivity contribution in [3.8, 4) is 12.3 Å². The van der Waals surface area contributed by atoms with Crippen molar-refractivity contribution in [2.75, 3.05) is 6.61 Å². The molecule has 0 heterocycles. The van der Waals surface area contributed by atoms with Crippen LogP contribution in [-0.4, -0.2) is 11.7 Å². The van der Waals surface area contributed by atoms with Crippen LogP contribution in [0.25, 0.3) is 0 Å². The molecule has 0 radical (unpaired) electrons. The average Bonchev–Trinajstić information content (AvgIpc) is 2.16. The van der Waals surface area contributed by atoms with Gasteiger partial charge >= 0.3 is 0 Å². The predicted octanol–water partition coefficient (Wildman–Crippen LogP) is 2.07. The Bertz CT molecular complexity index is 333. The molecule has 0 aromatic heterocycles. The summed E-state index contributed by atoms with van der Waals surface area (Å²) in [7, 11) is 0. The zero-order valence-electron chi connectivity index (χ0n) is 8.04. The van der Waals surface area contributed by atoms with E-state index in [9.17, 15) is 0 Å². The lowest BCUT2D eigenvalue weighted by molar-refractivity contribution is 0.273. The van der Waals surface area contributed by atoms with Crippen molar-refractivity contribution in [1.82, 2.24) is 0 Å². The van der Waals surface area contributed by atoms with Crippen LogP contribution in [0.5, 0.6) is 0 Å². The Balaban J connectivity index is 3.22. The largest absolute Gasteiger partial charge is 0.396 e. The summed E-state index contributed by atoms with van der Waals surface area (Å²) in [5, 5.41) is 9.03. The number of aryl methyl sites for hydroxylation is 1. The highest BCUT2D eigenvalue weighted by atomic mass is 16.3. The van der Waals surface area contributed by atoms with Gasteiger partial charge in [0.2, 0.25) is 0 Å². The molecule has 0 saturated heterocycles. The third-order valence-electron chi connectivity index (χ3n) is 2.25. The van der Waals surface area contributed by atoms with E-state index in [1.807, 2.05) is 32.0 Å². The maximum Gasteiger partial charge on any atom is 0.0497 e. The lowest BCUT2D eigenvalue weighted by Crippen LogP contribution is -2.02. The molecular weight excluding hydrogens is 160 g/mol. The minimum Gasteiger partial charge on any atom is -0.396 e. The van der Waals surface area contributed by atoms with E-state index in [0.717, 1.165) is 16.7 Å². The van der Waals surface area contributed by atoms with Crippen molar-refractivity contribution in [1.29, 1.82) is 0 Å². The first-order valence-electron chi connectivity index (χ1n) is 4.37. The van der Waals surface area contributed by atoms with E-state index in [0.29, 0.717) is 0 Å². The topological polar surface area (TPSA) is 20.2 Å². The summed E-state index contributed by atoms with van der Waals surface area (Å²) in [5.41, 5.74) is 3.08. The molecule has 1 atom stereocenters. The van der Waals surface area contributed by atoms with Gasteiger partial charge in [-0.3, -0.25) is 0 Å². The van der Waals surface area contributed by atoms with E-state index in [1.54, 1.807) is 0 Å². The summed E-state index contributed by atoms with van der Waals surface area (Å²) in [6.45, 7) is 4.09.